The van der Waals surface area contributed by atoms with Gasteiger partial charge in [-0.05, 0) is 32.9 Å². The highest BCUT2D eigenvalue weighted by Crippen LogP contribution is 2.18. The standard InChI is InChI=1S/C16H22ClN3O/c1-11-5-7-14(8-6-11)21-10-12(2)18-9-15-13(3)19-20(4)16(15)17/h5-8,12,18H,9-10H2,1-4H3. The van der Waals surface area contributed by atoms with E-state index in [1.54, 1.807) is 4.68 Å². The number of benzene rings is 1. The van der Waals surface area contributed by atoms with Crippen LogP contribution in [0.15, 0.2) is 24.3 Å². The summed E-state index contributed by atoms with van der Waals surface area (Å²) in [6.07, 6.45) is 0. The molecule has 1 unspecified atom stereocenters. The summed E-state index contributed by atoms with van der Waals surface area (Å²) in [7, 11) is 1.85. The van der Waals surface area contributed by atoms with Crippen LogP contribution in [0.2, 0.25) is 5.15 Å². The molecule has 2 rings (SSSR count). The lowest BCUT2D eigenvalue weighted by molar-refractivity contribution is 0.272. The van der Waals surface area contributed by atoms with Gasteiger partial charge >= 0.3 is 0 Å². The highest BCUT2D eigenvalue weighted by Gasteiger charge is 2.12. The van der Waals surface area contributed by atoms with Crippen LogP contribution in [0.4, 0.5) is 0 Å². The van der Waals surface area contributed by atoms with E-state index in [2.05, 4.69) is 24.3 Å². The maximum atomic E-state index is 6.21. The molecule has 0 radical (unpaired) electrons. The Morgan fingerprint density at radius 1 is 1.29 bits per heavy atom. The summed E-state index contributed by atoms with van der Waals surface area (Å²) in [6, 6.07) is 8.30. The van der Waals surface area contributed by atoms with Crippen molar-refractivity contribution in [3.8, 4) is 5.75 Å². The average molecular weight is 308 g/mol. The van der Waals surface area contributed by atoms with Crippen molar-refractivity contribution in [2.45, 2.75) is 33.4 Å². The van der Waals surface area contributed by atoms with Crippen LogP contribution >= 0.6 is 11.6 Å². The highest BCUT2D eigenvalue weighted by molar-refractivity contribution is 6.30. The molecular weight excluding hydrogens is 286 g/mol. The molecule has 1 N–H and O–H groups in total. The first-order valence-electron chi connectivity index (χ1n) is 7.08. The maximum Gasteiger partial charge on any atom is 0.131 e. The Kier molecular flexibility index (Phi) is 5.26. The van der Waals surface area contributed by atoms with Crippen LogP contribution < -0.4 is 10.1 Å². The van der Waals surface area contributed by atoms with Crippen molar-refractivity contribution >= 4 is 11.6 Å². The van der Waals surface area contributed by atoms with Crippen molar-refractivity contribution in [3.05, 3.63) is 46.2 Å². The van der Waals surface area contributed by atoms with Crippen molar-refractivity contribution < 1.29 is 4.74 Å². The van der Waals surface area contributed by atoms with Gasteiger partial charge < -0.3 is 10.1 Å². The molecule has 0 aliphatic heterocycles. The van der Waals surface area contributed by atoms with E-state index < -0.39 is 0 Å². The summed E-state index contributed by atoms with van der Waals surface area (Å²) < 4.78 is 7.46. The summed E-state index contributed by atoms with van der Waals surface area (Å²) in [5.41, 5.74) is 3.23. The Morgan fingerprint density at radius 2 is 1.95 bits per heavy atom. The molecule has 1 atom stereocenters. The largest absolute Gasteiger partial charge is 0.492 e. The molecule has 1 aromatic heterocycles. The van der Waals surface area contributed by atoms with Crippen molar-refractivity contribution in [1.29, 1.82) is 0 Å². The third kappa shape index (κ3) is 4.22. The lowest BCUT2D eigenvalue weighted by atomic mass is 10.2. The Hall–Kier alpha value is -1.52. The number of hydrogen-bond donors (Lipinski definition) is 1. The Labute approximate surface area is 131 Å². The van der Waals surface area contributed by atoms with Gasteiger partial charge in [0, 0.05) is 25.2 Å². The molecule has 5 heteroatoms. The van der Waals surface area contributed by atoms with Crippen LogP contribution in [0.3, 0.4) is 0 Å². The molecule has 4 nitrogen and oxygen atoms in total. The summed E-state index contributed by atoms with van der Waals surface area (Å²) >= 11 is 6.21. The fourth-order valence-electron chi connectivity index (χ4n) is 2.07. The molecule has 0 saturated heterocycles. The summed E-state index contributed by atoms with van der Waals surface area (Å²) in [4.78, 5) is 0. The molecule has 0 bridgehead atoms. The predicted molar refractivity (Wildman–Crippen MR) is 85.9 cm³/mol. The Bertz CT molecular complexity index is 592. The minimum Gasteiger partial charge on any atom is -0.492 e. The number of rotatable bonds is 6. The lowest BCUT2D eigenvalue weighted by Crippen LogP contribution is -2.31. The van der Waals surface area contributed by atoms with E-state index in [1.807, 2.05) is 38.2 Å². The minimum atomic E-state index is 0.224. The molecule has 0 amide bonds. The van der Waals surface area contributed by atoms with E-state index in [1.165, 1.54) is 5.56 Å². The lowest BCUT2D eigenvalue weighted by Gasteiger charge is -2.15. The second kappa shape index (κ2) is 6.96. The predicted octanol–water partition coefficient (Wildman–Crippen LogP) is 3.25. The fraction of sp³-hybridized carbons (Fsp3) is 0.438. The van der Waals surface area contributed by atoms with Crippen molar-refractivity contribution in [2.24, 2.45) is 7.05 Å². The number of aryl methyl sites for hydroxylation is 3. The van der Waals surface area contributed by atoms with Crippen LogP contribution in [-0.2, 0) is 13.6 Å². The number of hydrogen-bond acceptors (Lipinski definition) is 3. The number of nitrogens with zero attached hydrogens (tertiary/aromatic N) is 2. The number of ether oxygens (including phenoxy) is 1. The first-order chi connectivity index (χ1) is 9.97. The van der Waals surface area contributed by atoms with E-state index >= 15 is 0 Å². The van der Waals surface area contributed by atoms with Gasteiger partial charge in [0.1, 0.15) is 17.5 Å². The molecule has 1 heterocycles. The van der Waals surface area contributed by atoms with Gasteiger partial charge in [-0.1, -0.05) is 29.3 Å². The molecule has 0 aliphatic carbocycles. The van der Waals surface area contributed by atoms with E-state index in [-0.39, 0.29) is 6.04 Å². The normalized spacial score (nSPS) is 12.4. The minimum absolute atomic E-state index is 0.224. The summed E-state index contributed by atoms with van der Waals surface area (Å²) in [6.45, 7) is 7.43. The highest BCUT2D eigenvalue weighted by atomic mass is 35.5. The number of halogens is 1. The molecule has 114 valence electrons. The second-order valence-electron chi connectivity index (χ2n) is 5.38. The number of aromatic nitrogens is 2. The SMILES string of the molecule is Cc1ccc(OCC(C)NCc2c(C)nn(C)c2Cl)cc1. The van der Waals surface area contributed by atoms with Crippen molar-refractivity contribution in [1.82, 2.24) is 15.1 Å². The van der Waals surface area contributed by atoms with Gasteiger partial charge in [-0.2, -0.15) is 5.10 Å². The van der Waals surface area contributed by atoms with E-state index in [9.17, 15) is 0 Å². The Morgan fingerprint density at radius 3 is 2.52 bits per heavy atom. The first kappa shape index (κ1) is 15.9. The van der Waals surface area contributed by atoms with Gasteiger partial charge in [0.25, 0.3) is 0 Å². The molecule has 2 aromatic rings. The van der Waals surface area contributed by atoms with Gasteiger partial charge in [0.15, 0.2) is 0 Å². The smallest absolute Gasteiger partial charge is 0.131 e. The molecule has 21 heavy (non-hydrogen) atoms. The fourth-order valence-corrected chi connectivity index (χ4v) is 2.31. The van der Waals surface area contributed by atoms with Gasteiger partial charge in [-0.3, -0.25) is 4.68 Å². The first-order valence-corrected chi connectivity index (χ1v) is 7.46. The van der Waals surface area contributed by atoms with Crippen molar-refractivity contribution in [2.75, 3.05) is 6.61 Å². The zero-order valence-corrected chi connectivity index (χ0v) is 13.7. The summed E-state index contributed by atoms with van der Waals surface area (Å²) in [5.74, 6) is 0.893. The van der Waals surface area contributed by atoms with Crippen molar-refractivity contribution in [3.63, 3.8) is 0 Å². The summed E-state index contributed by atoms with van der Waals surface area (Å²) in [5, 5.41) is 8.40. The third-order valence-corrected chi connectivity index (χ3v) is 3.89. The zero-order chi connectivity index (χ0) is 15.4. The quantitative estimate of drug-likeness (QED) is 0.890. The third-order valence-electron chi connectivity index (χ3n) is 3.42. The van der Waals surface area contributed by atoms with E-state index in [0.29, 0.717) is 18.3 Å². The van der Waals surface area contributed by atoms with Gasteiger partial charge in [-0.25, -0.2) is 0 Å². The van der Waals surface area contributed by atoms with E-state index in [0.717, 1.165) is 17.0 Å². The molecular formula is C16H22ClN3O. The molecule has 0 aliphatic rings. The van der Waals surface area contributed by atoms with Crippen LogP contribution in [0.1, 0.15) is 23.7 Å². The molecule has 0 saturated carbocycles. The molecule has 0 fully saturated rings. The van der Waals surface area contributed by atoms with Crippen LogP contribution in [0.25, 0.3) is 0 Å². The topological polar surface area (TPSA) is 39.1 Å². The monoisotopic (exact) mass is 307 g/mol. The van der Waals surface area contributed by atoms with Gasteiger partial charge in [-0.15, -0.1) is 0 Å². The molecule has 0 spiro atoms. The van der Waals surface area contributed by atoms with Gasteiger partial charge in [0.2, 0.25) is 0 Å². The average Bonchev–Trinajstić information content (AvgIpc) is 2.69. The zero-order valence-electron chi connectivity index (χ0n) is 13.0. The number of nitrogens with one attached hydrogen (secondary N) is 1. The Balaban J connectivity index is 1.82. The van der Waals surface area contributed by atoms with Gasteiger partial charge in [0.05, 0.1) is 5.69 Å². The second-order valence-corrected chi connectivity index (χ2v) is 5.74. The van der Waals surface area contributed by atoms with Crippen LogP contribution in [-0.4, -0.2) is 22.4 Å². The van der Waals surface area contributed by atoms with Crippen LogP contribution in [0.5, 0.6) is 5.75 Å². The molecule has 1 aromatic carbocycles. The maximum absolute atomic E-state index is 6.21. The van der Waals surface area contributed by atoms with E-state index in [4.69, 9.17) is 16.3 Å². The van der Waals surface area contributed by atoms with Crippen LogP contribution in [0, 0.1) is 13.8 Å².